The predicted molar refractivity (Wildman–Crippen MR) is 119 cm³/mol. The molecule has 0 aromatic heterocycles. The monoisotopic (exact) mass is 441 g/mol. The lowest BCUT2D eigenvalue weighted by Crippen LogP contribution is -2.46. The number of carbonyl (C=O) groups excluding carboxylic acids is 2. The molecule has 1 aliphatic rings. The minimum absolute atomic E-state index is 0.113. The van der Waals surface area contributed by atoms with Crippen LogP contribution in [0, 0.1) is 0 Å². The van der Waals surface area contributed by atoms with Gasteiger partial charge < -0.3 is 24.3 Å². The SMILES string of the molecule is CC(C)(C)OC(=O)N[C@@H](C[C@H](OCc1ccccc1)C1CO1)C(=O)OCc1ccccc1. The number of alkyl carbamates (subject to hydrolysis) is 1. The van der Waals surface area contributed by atoms with Crippen LogP contribution in [0.5, 0.6) is 0 Å². The number of esters is 1. The number of nitrogens with one attached hydrogen (secondary N) is 1. The fraction of sp³-hybridized carbons (Fsp3) is 0.440. The number of amides is 1. The molecule has 3 atom stereocenters. The fourth-order valence-electron chi connectivity index (χ4n) is 3.10. The Labute approximate surface area is 189 Å². The van der Waals surface area contributed by atoms with Crippen molar-refractivity contribution in [2.24, 2.45) is 0 Å². The van der Waals surface area contributed by atoms with E-state index in [-0.39, 0.29) is 25.2 Å². The molecule has 3 rings (SSSR count). The Kier molecular flexibility index (Phi) is 8.25. The summed E-state index contributed by atoms with van der Waals surface area (Å²) in [6, 6.07) is 18.2. The molecule has 7 heteroatoms. The second kappa shape index (κ2) is 11.1. The van der Waals surface area contributed by atoms with Gasteiger partial charge in [-0.1, -0.05) is 60.7 Å². The lowest BCUT2D eigenvalue weighted by Gasteiger charge is -2.25. The molecule has 1 unspecified atom stereocenters. The van der Waals surface area contributed by atoms with E-state index in [1.54, 1.807) is 20.8 Å². The third kappa shape index (κ3) is 8.32. The molecule has 172 valence electrons. The molecule has 0 radical (unpaired) electrons. The number of benzene rings is 2. The largest absolute Gasteiger partial charge is 0.459 e. The normalized spacial score (nSPS) is 17.2. The van der Waals surface area contributed by atoms with Crippen LogP contribution in [0.25, 0.3) is 0 Å². The van der Waals surface area contributed by atoms with Crippen LogP contribution >= 0.6 is 0 Å². The lowest BCUT2D eigenvalue weighted by atomic mass is 10.1. The summed E-state index contributed by atoms with van der Waals surface area (Å²) in [4.78, 5) is 25.3. The average Bonchev–Trinajstić information content (AvgIpc) is 3.59. The number of ether oxygens (including phenoxy) is 4. The third-order valence-electron chi connectivity index (χ3n) is 4.75. The molecule has 0 bridgehead atoms. The van der Waals surface area contributed by atoms with E-state index in [1.807, 2.05) is 60.7 Å². The summed E-state index contributed by atoms with van der Waals surface area (Å²) in [6.45, 7) is 6.33. The number of rotatable bonds is 10. The Morgan fingerprint density at radius 2 is 1.56 bits per heavy atom. The summed E-state index contributed by atoms with van der Waals surface area (Å²) >= 11 is 0. The highest BCUT2D eigenvalue weighted by Crippen LogP contribution is 2.23. The van der Waals surface area contributed by atoms with E-state index in [0.29, 0.717) is 13.2 Å². The van der Waals surface area contributed by atoms with Crippen molar-refractivity contribution in [3.63, 3.8) is 0 Å². The van der Waals surface area contributed by atoms with Crippen molar-refractivity contribution in [2.75, 3.05) is 6.61 Å². The lowest BCUT2D eigenvalue weighted by molar-refractivity contribution is -0.149. The van der Waals surface area contributed by atoms with E-state index in [9.17, 15) is 9.59 Å². The first-order chi connectivity index (χ1) is 15.3. The first-order valence-electron chi connectivity index (χ1n) is 10.8. The fourth-order valence-corrected chi connectivity index (χ4v) is 3.10. The Bertz CT molecular complexity index is 861. The molecule has 1 heterocycles. The van der Waals surface area contributed by atoms with Gasteiger partial charge in [0.2, 0.25) is 0 Å². The van der Waals surface area contributed by atoms with E-state index < -0.39 is 23.7 Å². The number of epoxide rings is 1. The van der Waals surface area contributed by atoms with Gasteiger partial charge in [-0.25, -0.2) is 9.59 Å². The first-order valence-corrected chi connectivity index (χ1v) is 10.8. The summed E-state index contributed by atoms with van der Waals surface area (Å²) < 4.78 is 22.3. The Morgan fingerprint density at radius 1 is 1.00 bits per heavy atom. The molecule has 2 aromatic carbocycles. The Morgan fingerprint density at radius 3 is 2.09 bits per heavy atom. The maximum atomic E-state index is 12.9. The molecule has 7 nitrogen and oxygen atoms in total. The Balaban J connectivity index is 1.64. The van der Waals surface area contributed by atoms with E-state index >= 15 is 0 Å². The van der Waals surface area contributed by atoms with Gasteiger partial charge >= 0.3 is 12.1 Å². The molecule has 1 fully saturated rings. The average molecular weight is 442 g/mol. The zero-order chi connectivity index (χ0) is 23.0. The number of carbonyl (C=O) groups is 2. The number of hydrogen-bond acceptors (Lipinski definition) is 6. The van der Waals surface area contributed by atoms with Crippen LogP contribution in [0.4, 0.5) is 4.79 Å². The molecule has 1 saturated heterocycles. The van der Waals surface area contributed by atoms with Crippen LogP contribution in [0.2, 0.25) is 0 Å². The van der Waals surface area contributed by atoms with Gasteiger partial charge in [0.25, 0.3) is 0 Å². The highest BCUT2D eigenvalue weighted by molar-refractivity contribution is 5.81. The van der Waals surface area contributed by atoms with Crippen LogP contribution in [0.1, 0.15) is 38.3 Å². The van der Waals surface area contributed by atoms with E-state index in [4.69, 9.17) is 18.9 Å². The van der Waals surface area contributed by atoms with E-state index in [2.05, 4.69) is 5.32 Å². The van der Waals surface area contributed by atoms with E-state index in [0.717, 1.165) is 11.1 Å². The maximum Gasteiger partial charge on any atom is 0.408 e. The van der Waals surface area contributed by atoms with Crippen molar-refractivity contribution in [1.29, 1.82) is 0 Å². The predicted octanol–water partition coefficient (Wildman–Crippen LogP) is 4.00. The van der Waals surface area contributed by atoms with Crippen molar-refractivity contribution < 1.29 is 28.5 Å². The van der Waals surface area contributed by atoms with Gasteiger partial charge in [-0.05, 0) is 31.9 Å². The molecule has 0 spiro atoms. The molecule has 0 saturated carbocycles. The molecule has 2 aromatic rings. The molecule has 1 amide bonds. The van der Waals surface area contributed by atoms with Gasteiger partial charge in [-0.3, -0.25) is 0 Å². The second-order valence-corrected chi connectivity index (χ2v) is 8.73. The summed E-state index contributed by atoms with van der Waals surface area (Å²) in [6.07, 6.45) is -0.967. The highest BCUT2D eigenvalue weighted by atomic mass is 16.6. The van der Waals surface area contributed by atoms with Gasteiger partial charge in [-0.15, -0.1) is 0 Å². The molecule has 1 aliphatic heterocycles. The van der Waals surface area contributed by atoms with Crippen molar-refractivity contribution in [1.82, 2.24) is 5.32 Å². The quantitative estimate of drug-likeness (QED) is 0.443. The first kappa shape index (κ1) is 23.8. The van der Waals surface area contributed by atoms with Gasteiger partial charge in [0.15, 0.2) is 0 Å². The summed E-state index contributed by atoms with van der Waals surface area (Å²) in [5, 5.41) is 2.65. The van der Waals surface area contributed by atoms with Crippen LogP contribution in [0.15, 0.2) is 60.7 Å². The molecular weight excluding hydrogens is 410 g/mol. The second-order valence-electron chi connectivity index (χ2n) is 8.73. The minimum Gasteiger partial charge on any atom is -0.459 e. The number of hydrogen-bond donors (Lipinski definition) is 1. The highest BCUT2D eigenvalue weighted by Gasteiger charge is 2.38. The van der Waals surface area contributed by atoms with Crippen LogP contribution < -0.4 is 5.32 Å². The zero-order valence-corrected chi connectivity index (χ0v) is 18.8. The van der Waals surface area contributed by atoms with Crippen LogP contribution in [-0.2, 0) is 37.0 Å². The summed E-state index contributed by atoms with van der Waals surface area (Å²) in [5.74, 6) is -0.548. The van der Waals surface area contributed by atoms with Crippen molar-refractivity contribution in [2.45, 2.75) is 64.3 Å². The van der Waals surface area contributed by atoms with Crippen LogP contribution in [-0.4, -0.2) is 42.5 Å². The van der Waals surface area contributed by atoms with Gasteiger partial charge in [0.1, 0.15) is 24.4 Å². The molecule has 1 N–H and O–H groups in total. The van der Waals surface area contributed by atoms with Crippen molar-refractivity contribution in [3.8, 4) is 0 Å². The van der Waals surface area contributed by atoms with E-state index in [1.165, 1.54) is 0 Å². The topological polar surface area (TPSA) is 86.4 Å². The molecule has 32 heavy (non-hydrogen) atoms. The standard InChI is InChI=1S/C25H31NO6/c1-25(2,3)32-24(28)26-20(23(27)31-16-19-12-8-5-9-13-19)14-21(22-17-30-22)29-15-18-10-6-4-7-11-18/h4-13,20-22H,14-17H2,1-3H3,(H,26,28)/t20-,21-,22?/m0/s1. The minimum atomic E-state index is -0.932. The van der Waals surface area contributed by atoms with Crippen LogP contribution in [0.3, 0.4) is 0 Å². The smallest absolute Gasteiger partial charge is 0.408 e. The summed E-state index contributed by atoms with van der Waals surface area (Å²) in [5.41, 5.74) is 1.19. The van der Waals surface area contributed by atoms with Crippen molar-refractivity contribution >= 4 is 12.1 Å². The molecule has 0 aliphatic carbocycles. The van der Waals surface area contributed by atoms with Gasteiger partial charge in [0, 0.05) is 6.42 Å². The third-order valence-corrected chi connectivity index (χ3v) is 4.75. The van der Waals surface area contributed by atoms with Gasteiger partial charge in [-0.2, -0.15) is 0 Å². The molecular formula is C25H31NO6. The Hall–Kier alpha value is -2.90. The summed E-state index contributed by atoms with van der Waals surface area (Å²) in [7, 11) is 0. The van der Waals surface area contributed by atoms with Gasteiger partial charge in [0.05, 0.1) is 19.3 Å². The maximum absolute atomic E-state index is 12.9. The van der Waals surface area contributed by atoms with Crippen molar-refractivity contribution in [3.05, 3.63) is 71.8 Å². The zero-order valence-electron chi connectivity index (χ0n) is 18.8.